The Morgan fingerprint density at radius 1 is 1.03 bits per heavy atom. The van der Waals surface area contributed by atoms with E-state index in [0.717, 1.165) is 48.1 Å². The largest absolute Gasteiger partial charge is 0.466 e. The number of nitrogens with zero attached hydrogens (tertiary/aromatic N) is 1. The molecule has 0 aliphatic heterocycles. The van der Waals surface area contributed by atoms with E-state index in [2.05, 4.69) is 45.9 Å². The predicted molar refractivity (Wildman–Crippen MR) is 153 cm³/mol. The highest BCUT2D eigenvalue weighted by Crippen LogP contribution is 2.53. The van der Waals surface area contributed by atoms with Crippen LogP contribution in [-0.2, 0) is 20.7 Å². The van der Waals surface area contributed by atoms with Crippen molar-refractivity contribution in [1.29, 1.82) is 0 Å². The number of hydrogen-bond donors (Lipinski definition) is 0. The van der Waals surface area contributed by atoms with E-state index in [1.807, 2.05) is 6.92 Å². The predicted octanol–water partition coefficient (Wildman–Crippen LogP) is 7.97. The van der Waals surface area contributed by atoms with Gasteiger partial charge in [0, 0.05) is 30.2 Å². The summed E-state index contributed by atoms with van der Waals surface area (Å²) in [6.07, 6.45) is 9.62. The second-order valence-electron chi connectivity index (χ2n) is 13.4. The van der Waals surface area contributed by atoms with Gasteiger partial charge >= 0.3 is 5.97 Å². The topological polar surface area (TPSA) is 69.4 Å². The van der Waals surface area contributed by atoms with Crippen LogP contribution in [0.15, 0.2) is 22.7 Å². The minimum atomic E-state index is -0.0699. The molecule has 1 atom stereocenters. The van der Waals surface area contributed by atoms with Gasteiger partial charge in [-0.05, 0) is 107 Å². The summed E-state index contributed by atoms with van der Waals surface area (Å²) in [5.74, 6) is 4.34. The molecule has 0 N–H and O–H groups in total. The molecule has 0 radical (unpaired) electrons. The van der Waals surface area contributed by atoms with Crippen LogP contribution >= 0.6 is 0 Å². The summed E-state index contributed by atoms with van der Waals surface area (Å²) in [5, 5.41) is 4.73. The Labute approximate surface area is 234 Å². The molecular formula is C34H47NO4. The van der Waals surface area contributed by atoms with Crippen LogP contribution in [0, 0.1) is 37.5 Å². The van der Waals surface area contributed by atoms with E-state index in [0.29, 0.717) is 37.2 Å². The lowest BCUT2D eigenvalue weighted by atomic mass is 9.68. The number of aromatic nitrogens is 1. The van der Waals surface area contributed by atoms with Crippen LogP contribution in [0.5, 0.6) is 0 Å². The van der Waals surface area contributed by atoms with Crippen LogP contribution < -0.4 is 0 Å². The van der Waals surface area contributed by atoms with Gasteiger partial charge in [0.25, 0.3) is 0 Å². The van der Waals surface area contributed by atoms with Crippen molar-refractivity contribution in [1.82, 2.24) is 5.16 Å². The third-order valence-corrected chi connectivity index (χ3v) is 9.40. The Morgan fingerprint density at radius 3 is 2.38 bits per heavy atom. The van der Waals surface area contributed by atoms with Gasteiger partial charge in [-0.25, -0.2) is 0 Å². The van der Waals surface area contributed by atoms with E-state index in [-0.39, 0.29) is 23.6 Å². The van der Waals surface area contributed by atoms with E-state index >= 15 is 0 Å². The number of Topliss-reactive ketones (excluding diaryl/α,β-unsaturated/α-hetero) is 1. The van der Waals surface area contributed by atoms with Crippen molar-refractivity contribution < 1.29 is 18.8 Å². The number of hydrogen-bond acceptors (Lipinski definition) is 5. The van der Waals surface area contributed by atoms with Crippen LogP contribution in [-0.4, -0.2) is 23.5 Å². The Bertz CT molecular complexity index is 1160. The van der Waals surface area contributed by atoms with Gasteiger partial charge in [-0.3, -0.25) is 9.59 Å². The molecule has 5 nitrogen and oxygen atoms in total. The molecule has 3 saturated carbocycles. The zero-order valence-corrected chi connectivity index (χ0v) is 24.6. The molecule has 212 valence electrons. The fraction of sp³-hybridized carbons (Fsp3) is 0.676. The highest BCUT2D eigenvalue weighted by molar-refractivity contribution is 5.82. The fourth-order valence-corrected chi connectivity index (χ4v) is 7.18. The van der Waals surface area contributed by atoms with Crippen molar-refractivity contribution in [3.8, 4) is 0 Å². The summed E-state index contributed by atoms with van der Waals surface area (Å²) < 4.78 is 11.4. The SMILES string of the molecule is CCOC(=O)C1CC(CC(CC(=O)Cc2ccc(C)cc2C)c2noc(C3CC(CC(C)C)C3)c2C2CC2)C1. The van der Waals surface area contributed by atoms with Crippen LogP contribution in [0.4, 0.5) is 0 Å². The van der Waals surface area contributed by atoms with Crippen molar-refractivity contribution in [2.45, 2.75) is 117 Å². The maximum Gasteiger partial charge on any atom is 0.308 e. The van der Waals surface area contributed by atoms with Gasteiger partial charge in [-0.15, -0.1) is 0 Å². The normalized spacial score (nSPS) is 25.2. The Kier molecular flexibility index (Phi) is 8.63. The molecule has 1 aromatic carbocycles. The first-order valence-corrected chi connectivity index (χ1v) is 15.5. The fourth-order valence-electron chi connectivity index (χ4n) is 7.18. The monoisotopic (exact) mass is 533 g/mol. The maximum absolute atomic E-state index is 13.5. The Balaban J connectivity index is 1.33. The van der Waals surface area contributed by atoms with Crippen molar-refractivity contribution in [3.63, 3.8) is 0 Å². The van der Waals surface area contributed by atoms with E-state index in [9.17, 15) is 9.59 Å². The highest BCUT2D eigenvalue weighted by atomic mass is 16.5. The van der Waals surface area contributed by atoms with Crippen LogP contribution in [0.3, 0.4) is 0 Å². The number of rotatable bonds is 13. The van der Waals surface area contributed by atoms with Gasteiger partial charge in [-0.2, -0.15) is 0 Å². The third kappa shape index (κ3) is 6.66. The van der Waals surface area contributed by atoms with Crippen LogP contribution in [0.25, 0.3) is 0 Å². The van der Waals surface area contributed by atoms with Crippen molar-refractivity contribution >= 4 is 11.8 Å². The van der Waals surface area contributed by atoms with Gasteiger partial charge in [0.15, 0.2) is 0 Å². The van der Waals surface area contributed by atoms with Gasteiger partial charge in [0.05, 0.1) is 18.2 Å². The Hall–Kier alpha value is -2.43. The van der Waals surface area contributed by atoms with E-state index < -0.39 is 0 Å². The first-order valence-electron chi connectivity index (χ1n) is 15.5. The zero-order valence-electron chi connectivity index (χ0n) is 24.6. The molecule has 2 aromatic rings. The average molecular weight is 534 g/mol. The summed E-state index contributed by atoms with van der Waals surface area (Å²) in [6, 6.07) is 6.35. The summed E-state index contributed by atoms with van der Waals surface area (Å²) in [6.45, 7) is 11.1. The molecule has 5 rings (SSSR count). The van der Waals surface area contributed by atoms with Crippen LogP contribution in [0.1, 0.15) is 130 Å². The highest BCUT2D eigenvalue weighted by Gasteiger charge is 2.43. The van der Waals surface area contributed by atoms with Gasteiger partial charge < -0.3 is 9.26 Å². The van der Waals surface area contributed by atoms with E-state index in [1.165, 1.54) is 48.8 Å². The molecule has 0 amide bonds. The molecule has 5 heteroatoms. The molecule has 3 fully saturated rings. The lowest BCUT2D eigenvalue weighted by Crippen LogP contribution is -2.33. The first-order chi connectivity index (χ1) is 18.7. The number of aryl methyl sites for hydroxylation is 2. The van der Waals surface area contributed by atoms with Gasteiger partial charge in [0.2, 0.25) is 0 Å². The summed E-state index contributed by atoms with van der Waals surface area (Å²) in [7, 11) is 0. The molecular weight excluding hydrogens is 486 g/mol. The standard InChI is InChI=1S/C34H47NO4/c1-6-38-34(37)29-16-24(17-29)13-27(19-30(36)18-26-8-7-21(4)12-22(26)5)32-31(25-9-10-25)33(39-35-32)28-14-23(15-28)11-20(2)3/h7-8,12,20,23-25,27-29H,6,9-11,13-19H2,1-5H3. The smallest absolute Gasteiger partial charge is 0.308 e. The molecule has 39 heavy (non-hydrogen) atoms. The zero-order chi connectivity index (χ0) is 27.7. The number of ether oxygens (including phenoxy) is 1. The quantitative estimate of drug-likeness (QED) is 0.244. The molecule has 1 heterocycles. The minimum Gasteiger partial charge on any atom is -0.466 e. The lowest BCUT2D eigenvalue weighted by Gasteiger charge is -2.36. The number of esters is 1. The van der Waals surface area contributed by atoms with E-state index in [4.69, 9.17) is 14.4 Å². The number of carbonyl (C=O) groups excluding carboxylic acids is 2. The van der Waals surface area contributed by atoms with Gasteiger partial charge in [0.1, 0.15) is 11.5 Å². The molecule has 3 aliphatic rings. The number of ketones is 1. The maximum atomic E-state index is 13.5. The summed E-state index contributed by atoms with van der Waals surface area (Å²) in [5.41, 5.74) is 5.91. The van der Waals surface area contributed by atoms with E-state index in [1.54, 1.807) is 0 Å². The second-order valence-corrected chi connectivity index (χ2v) is 13.4. The third-order valence-electron chi connectivity index (χ3n) is 9.40. The van der Waals surface area contributed by atoms with Crippen molar-refractivity contribution in [2.75, 3.05) is 6.61 Å². The molecule has 3 aliphatic carbocycles. The Morgan fingerprint density at radius 2 is 1.74 bits per heavy atom. The number of carbonyl (C=O) groups is 2. The lowest BCUT2D eigenvalue weighted by molar-refractivity contribution is -0.153. The van der Waals surface area contributed by atoms with Crippen LogP contribution in [0.2, 0.25) is 0 Å². The molecule has 1 aromatic heterocycles. The molecule has 1 unspecified atom stereocenters. The number of benzene rings is 1. The second kappa shape index (κ2) is 12.0. The minimum absolute atomic E-state index is 0.00477. The summed E-state index contributed by atoms with van der Waals surface area (Å²) >= 11 is 0. The molecule has 0 saturated heterocycles. The van der Waals surface area contributed by atoms with Gasteiger partial charge in [-0.1, -0.05) is 42.8 Å². The summed E-state index contributed by atoms with van der Waals surface area (Å²) in [4.78, 5) is 25.7. The van der Waals surface area contributed by atoms with Crippen molar-refractivity contribution in [3.05, 3.63) is 51.9 Å². The first kappa shape index (κ1) is 28.1. The molecule has 0 bridgehead atoms. The molecule has 0 spiro atoms. The van der Waals surface area contributed by atoms with Crippen molar-refractivity contribution in [2.24, 2.45) is 23.7 Å². The average Bonchev–Trinajstić information content (AvgIpc) is 3.57.